The number of nitrogens with one attached hydrogen (secondary N) is 2. The van der Waals surface area contributed by atoms with Gasteiger partial charge in [0.25, 0.3) is 0 Å². The van der Waals surface area contributed by atoms with Crippen LogP contribution in [0.5, 0.6) is 0 Å². The average molecular weight is 468 g/mol. The van der Waals surface area contributed by atoms with Crippen molar-refractivity contribution in [2.24, 2.45) is 4.99 Å². The number of aromatic nitrogens is 3. The summed E-state index contributed by atoms with van der Waals surface area (Å²) in [6, 6.07) is 10.3. The molecule has 0 aliphatic rings. The first-order valence-electron chi connectivity index (χ1n) is 7.67. The van der Waals surface area contributed by atoms with Gasteiger partial charge in [0.15, 0.2) is 5.96 Å². The number of guanidine groups is 1. The molecule has 25 heavy (non-hydrogen) atoms. The van der Waals surface area contributed by atoms with Gasteiger partial charge in [0, 0.05) is 18.5 Å². The lowest BCUT2D eigenvalue weighted by molar-refractivity contribution is 0.812. The van der Waals surface area contributed by atoms with Crippen LogP contribution < -0.4 is 10.6 Å². The Labute approximate surface area is 168 Å². The van der Waals surface area contributed by atoms with Gasteiger partial charge in [0.2, 0.25) is 0 Å². The molecule has 0 spiro atoms. The maximum absolute atomic E-state index is 4.27. The smallest absolute Gasteiger partial charge is 0.191 e. The molecule has 0 fully saturated rings. The van der Waals surface area contributed by atoms with Gasteiger partial charge in [0.05, 0.1) is 12.2 Å². The van der Waals surface area contributed by atoms with Gasteiger partial charge in [-0.25, -0.2) is 9.67 Å². The molecular formula is C17H21IN6S. The minimum Gasteiger partial charge on any atom is -0.352 e. The Bertz CT molecular complexity index is 795. The topological polar surface area (TPSA) is 67.1 Å². The number of nitrogens with zero attached hydrogens (tertiary/aromatic N) is 4. The quantitative estimate of drug-likeness (QED) is 0.343. The standard InChI is InChI=1S/C17H20N6S.HI/c1-13-7-8-24-16(13)10-21-17(18-2)20-9-14-3-5-15(6-4-14)23-12-19-11-22-23;/h3-8,11-12H,9-10H2,1-2H3,(H2,18,20,21);1H. The molecule has 2 aromatic heterocycles. The first-order valence-corrected chi connectivity index (χ1v) is 8.55. The molecule has 6 nitrogen and oxygen atoms in total. The predicted molar refractivity (Wildman–Crippen MR) is 113 cm³/mol. The van der Waals surface area contributed by atoms with Gasteiger partial charge in [-0.2, -0.15) is 5.10 Å². The van der Waals surface area contributed by atoms with Crippen LogP contribution in [0, 0.1) is 6.92 Å². The van der Waals surface area contributed by atoms with Crippen molar-refractivity contribution in [3.63, 3.8) is 0 Å². The van der Waals surface area contributed by atoms with Gasteiger partial charge in [0.1, 0.15) is 12.7 Å². The molecule has 3 aromatic rings. The second kappa shape index (κ2) is 9.52. The van der Waals surface area contributed by atoms with E-state index < -0.39 is 0 Å². The fourth-order valence-corrected chi connectivity index (χ4v) is 3.11. The van der Waals surface area contributed by atoms with Crippen molar-refractivity contribution in [3.05, 3.63) is 64.4 Å². The molecule has 0 atom stereocenters. The zero-order valence-corrected chi connectivity index (χ0v) is 17.3. The zero-order valence-electron chi connectivity index (χ0n) is 14.1. The highest BCUT2D eigenvalue weighted by molar-refractivity contribution is 14.0. The van der Waals surface area contributed by atoms with E-state index in [1.165, 1.54) is 22.3 Å². The Balaban J connectivity index is 0.00000225. The Hall–Kier alpha value is -1.94. The SMILES string of the molecule is CN=C(NCc1ccc(-n2cncn2)cc1)NCc1sccc1C.I. The molecule has 2 N–H and O–H groups in total. The van der Waals surface area contributed by atoms with E-state index in [-0.39, 0.29) is 24.0 Å². The van der Waals surface area contributed by atoms with Crippen LogP contribution in [0.25, 0.3) is 5.69 Å². The summed E-state index contributed by atoms with van der Waals surface area (Å²) in [6.07, 6.45) is 3.21. The van der Waals surface area contributed by atoms with E-state index in [1.54, 1.807) is 29.4 Å². The molecule has 0 saturated heterocycles. The first-order chi connectivity index (χ1) is 11.8. The van der Waals surface area contributed by atoms with Crippen LogP contribution in [0.3, 0.4) is 0 Å². The molecule has 8 heteroatoms. The maximum atomic E-state index is 4.27. The van der Waals surface area contributed by atoms with E-state index >= 15 is 0 Å². The lowest BCUT2D eigenvalue weighted by atomic mass is 10.2. The van der Waals surface area contributed by atoms with Crippen molar-refractivity contribution in [2.75, 3.05) is 7.05 Å². The van der Waals surface area contributed by atoms with Crippen LogP contribution in [0.15, 0.2) is 53.4 Å². The number of benzene rings is 1. The first kappa shape index (κ1) is 19.4. The lowest BCUT2D eigenvalue weighted by Gasteiger charge is -2.12. The van der Waals surface area contributed by atoms with Crippen LogP contribution in [-0.4, -0.2) is 27.8 Å². The monoisotopic (exact) mass is 468 g/mol. The van der Waals surface area contributed by atoms with E-state index in [4.69, 9.17) is 0 Å². The van der Waals surface area contributed by atoms with Crippen LogP contribution in [0.1, 0.15) is 16.0 Å². The Morgan fingerprint density at radius 2 is 1.92 bits per heavy atom. The number of halogens is 1. The number of aliphatic imine (C=N–C) groups is 1. The minimum absolute atomic E-state index is 0. The van der Waals surface area contributed by atoms with Crippen LogP contribution in [-0.2, 0) is 13.1 Å². The Morgan fingerprint density at radius 1 is 1.16 bits per heavy atom. The molecule has 0 aliphatic carbocycles. The van der Waals surface area contributed by atoms with Crippen molar-refractivity contribution in [1.29, 1.82) is 0 Å². The molecule has 0 bridgehead atoms. The summed E-state index contributed by atoms with van der Waals surface area (Å²) < 4.78 is 1.74. The fraction of sp³-hybridized carbons (Fsp3) is 0.235. The molecule has 0 radical (unpaired) electrons. The van der Waals surface area contributed by atoms with Gasteiger partial charge in [-0.05, 0) is 41.6 Å². The number of thiophene rings is 1. The molecule has 132 valence electrons. The third kappa shape index (κ3) is 5.27. The summed E-state index contributed by atoms with van der Waals surface area (Å²) in [7, 11) is 1.78. The third-order valence-corrected chi connectivity index (χ3v) is 4.71. The summed E-state index contributed by atoms with van der Waals surface area (Å²) in [5, 5.41) is 12.9. The third-order valence-electron chi connectivity index (χ3n) is 3.69. The maximum Gasteiger partial charge on any atom is 0.191 e. The van der Waals surface area contributed by atoms with Crippen LogP contribution >= 0.6 is 35.3 Å². The van der Waals surface area contributed by atoms with Gasteiger partial charge in [-0.3, -0.25) is 4.99 Å². The van der Waals surface area contributed by atoms with Gasteiger partial charge in [-0.15, -0.1) is 35.3 Å². The minimum atomic E-state index is 0. The average Bonchev–Trinajstić information content (AvgIpc) is 3.28. The number of hydrogen-bond acceptors (Lipinski definition) is 4. The van der Waals surface area contributed by atoms with Crippen molar-refractivity contribution >= 4 is 41.3 Å². The van der Waals surface area contributed by atoms with Gasteiger partial charge >= 0.3 is 0 Å². The molecule has 1 aromatic carbocycles. The molecule has 0 saturated carbocycles. The molecular weight excluding hydrogens is 447 g/mol. The highest BCUT2D eigenvalue weighted by Crippen LogP contribution is 2.14. The van der Waals surface area contributed by atoms with Crippen molar-refractivity contribution in [2.45, 2.75) is 20.0 Å². The van der Waals surface area contributed by atoms with E-state index in [2.05, 4.69) is 56.2 Å². The summed E-state index contributed by atoms with van der Waals surface area (Å²) >= 11 is 1.76. The second-order valence-electron chi connectivity index (χ2n) is 5.31. The molecule has 0 unspecified atom stereocenters. The summed E-state index contributed by atoms with van der Waals surface area (Å²) in [4.78, 5) is 9.55. The fourth-order valence-electron chi connectivity index (χ4n) is 2.26. The normalized spacial score (nSPS) is 11.0. The number of rotatable bonds is 5. The Kier molecular flexibility index (Phi) is 7.38. The highest BCUT2D eigenvalue weighted by Gasteiger charge is 2.03. The summed E-state index contributed by atoms with van der Waals surface area (Å²) in [5.74, 6) is 0.795. The summed E-state index contributed by atoms with van der Waals surface area (Å²) in [6.45, 7) is 3.62. The summed E-state index contributed by atoms with van der Waals surface area (Å²) in [5.41, 5.74) is 3.48. The zero-order chi connectivity index (χ0) is 16.8. The molecule has 2 heterocycles. The molecule has 0 aliphatic heterocycles. The lowest BCUT2D eigenvalue weighted by Crippen LogP contribution is -2.36. The van der Waals surface area contributed by atoms with Crippen molar-refractivity contribution in [1.82, 2.24) is 25.4 Å². The van der Waals surface area contributed by atoms with E-state index in [9.17, 15) is 0 Å². The highest BCUT2D eigenvalue weighted by atomic mass is 127. The largest absolute Gasteiger partial charge is 0.352 e. The van der Waals surface area contributed by atoms with Gasteiger partial charge in [-0.1, -0.05) is 12.1 Å². The number of aryl methyl sites for hydroxylation is 1. The van der Waals surface area contributed by atoms with E-state index in [0.717, 1.165) is 18.2 Å². The number of hydrogen-bond donors (Lipinski definition) is 2. The Morgan fingerprint density at radius 3 is 2.52 bits per heavy atom. The second-order valence-corrected chi connectivity index (χ2v) is 6.31. The van der Waals surface area contributed by atoms with Crippen LogP contribution in [0.2, 0.25) is 0 Å². The van der Waals surface area contributed by atoms with Gasteiger partial charge < -0.3 is 10.6 Å². The van der Waals surface area contributed by atoms with E-state index in [0.29, 0.717) is 6.54 Å². The van der Waals surface area contributed by atoms with Crippen LogP contribution in [0.4, 0.5) is 0 Å². The van der Waals surface area contributed by atoms with Crippen molar-refractivity contribution < 1.29 is 0 Å². The molecule has 0 amide bonds. The van der Waals surface area contributed by atoms with Crippen molar-refractivity contribution in [3.8, 4) is 5.69 Å². The predicted octanol–water partition coefficient (Wildman–Crippen LogP) is 3.12. The van der Waals surface area contributed by atoms with E-state index in [1.807, 2.05) is 12.1 Å². The molecule has 3 rings (SSSR count).